The third-order valence-corrected chi connectivity index (χ3v) is 2.87. The van der Waals surface area contributed by atoms with Crippen LogP contribution in [0.25, 0.3) is 0 Å². The minimum atomic E-state index is -0.487. The highest BCUT2D eigenvalue weighted by Crippen LogP contribution is 2.26. The molecule has 1 heterocycles. The van der Waals surface area contributed by atoms with Crippen LogP contribution in [0.3, 0.4) is 0 Å². The van der Waals surface area contributed by atoms with Crippen molar-refractivity contribution in [3.63, 3.8) is 0 Å². The molecule has 1 fully saturated rings. The zero-order valence-electron chi connectivity index (χ0n) is 9.76. The number of nitrogens with one attached hydrogen (secondary N) is 1. The minimum Gasteiger partial charge on any atom is -0.377 e. The molecule has 0 aliphatic carbocycles. The van der Waals surface area contributed by atoms with Gasteiger partial charge in [-0.2, -0.15) is 5.26 Å². The van der Waals surface area contributed by atoms with Crippen LogP contribution in [0.1, 0.15) is 18.4 Å². The molecule has 0 unspecified atom stereocenters. The van der Waals surface area contributed by atoms with Crippen LogP contribution in [-0.4, -0.2) is 24.2 Å². The van der Waals surface area contributed by atoms with Crippen LogP contribution in [-0.2, 0) is 4.74 Å². The monoisotopic (exact) mass is 247 g/mol. The Balaban J connectivity index is 2.11. The van der Waals surface area contributed by atoms with Gasteiger partial charge in [0.2, 0.25) is 0 Å². The molecule has 1 aliphatic heterocycles. The normalized spacial score (nSPS) is 18.3. The number of hydrogen-bond acceptors (Lipinski definition) is 5. The third kappa shape index (κ3) is 2.76. The van der Waals surface area contributed by atoms with Gasteiger partial charge in [0.1, 0.15) is 5.69 Å². The van der Waals surface area contributed by atoms with Crippen LogP contribution >= 0.6 is 0 Å². The molecule has 6 heteroatoms. The lowest BCUT2D eigenvalue weighted by atomic mass is 10.1. The number of rotatable bonds is 4. The summed E-state index contributed by atoms with van der Waals surface area (Å²) in [5, 5.41) is 22.6. The van der Waals surface area contributed by atoms with Gasteiger partial charge in [0.15, 0.2) is 0 Å². The van der Waals surface area contributed by atoms with E-state index in [-0.39, 0.29) is 17.4 Å². The maximum atomic E-state index is 10.9. The lowest BCUT2D eigenvalue weighted by Gasteiger charge is -2.12. The van der Waals surface area contributed by atoms with Gasteiger partial charge in [0, 0.05) is 19.2 Å². The number of anilines is 1. The second-order valence-electron chi connectivity index (χ2n) is 4.12. The van der Waals surface area contributed by atoms with E-state index in [9.17, 15) is 10.1 Å². The number of nitro groups is 1. The van der Waals surface area contributed by atoms with Gasteiger partial charge in [-0.05, 0) is 25.0 Å². The van der Waals surface area contributed by atoms with E-state index in [1.54, 1.807) is 12.1 Å². The molecule has 2 rings (SSSR count). The standard InChI is InChI=1S/C12H13N3O3/c13-7-9-3-4-11(12(6-9)15(16)17)14-8-10-2-1-5-18-10/h3-4,6,10,14H,1-2,5,8H2/t10-/m0/s1. The zero-order valence-corrected chi connectivity index (χ0v) is 9.76. The predicted octanol–water partition coefficient (Wildman–Crippen LogP) is 2.06. The fraction of sp³-hybridized carbons (Fsp3) is 0.417. The first-order valence-corrected chi connectivity index (χ1v) is 5.74. The molecule has 1 saturated heterocycles. The first kappa shape index (κ1) is 12.3. The van der Waals surface area contributed by atoms with Gasteiger partial charge in [-0.3, -0.25) is 10.1 Å². The van der Waals surface area contributed by atoms with Crippen molar-refractivity contribution >= 4 is 11.4 Å². The number of nitrogens with zero attached hydrogens (tertiary/aromatic N) is 2. The molecule has 1 aromatic carbocycles. The average molecular weight is 247 g/mol. The summed E-state index contributed by atoms with van der Waals surface area (Å²) in [5.74, 6) is 0. The molecule has 0 aromatic heterocycles. The molecule has 1 aromatic rings. The molecule has 1 N–H and O–H groups in total. The minimum absolute atomic E-state index is 0.0768. The highest BCUT2D eigenvalue weighted by Gasteiger charge is 2.18. The van der Waals surface area contributed by atoms with E-state index in [1.807, 2.05) is 6.07 Å². The first-order valence-electron chi connectivity index (χ1n) is 5.74. The van der Waals surface area contributed by atoms with Gasteiger partial charge >= 0.3 is 0 Å². The Bertz CT molecular complexity index is 490. The van der Waals surface area contributed by atoms with E-state index in [0.29, 0.717) is 12.2 Å². The van der Waals surface area contributed by atoms with Crippen molar-refractivity contribution in [2.75, 3.05) is 18.5 Å². The van der Waals surface area contributed by atoms with Crippen LogP contribution in [0.15, 0.2) is 18.2 Å². The lowest BCUT2D eigenvalue weighted by molar-refractivity contribution is -0.384. The molecule has 1 aliphatic rings. The molecule has 0 radical (unpaired) electrons. The maximum absolute atomic E-state index is 10.9. The van der Waals surface area contributed by atoms with E-state index < -0.39 is 4.92 Å². The van der Waals surface area contributed by atoms with E-state index in [2.05, 4.69) is 5.32 Å². The van der Waals surface area contributed by atoms with E-state index in [0.717, 1.165) is 19.4 Å². The van der Waals surface area contributed by atoms with Gasteiger partial charge in [0.05, 0.1) is 22.7 Å². The van der Waals surface area contributed by atoms with Crippen molar-refractivity contribution in [1.82, 2.24) is 0 Å². The Kier molecular flexibility index (Phi) is 3.75. The second-order valence-corrected chi connectivity index (χ2v) is 4.12. The zero-order chi connectivity index (χ0) is 13.0. The Morgan fingerprint density at radius 3 is 3.06 bits per heavy atom. The molecule has 1 atom stereocenters. The fourth-order valence-electron chi connectivity index (χ4n) is 1.93. The Morgan fingerprint density at radius 1 is 1.61 bits per heavy atom. The highest BCUT2D eigenvalue weighted by molar-refractivity contribution is 5.64. The third-order valence-electron chi connectivity index (χ3n) is 2.87. The van der Waals surface area contributed by atoms with Gasteiger partial charge in [-0.25, -0.2) is 0 Å². The average Bonchev–Trinajstić information content (AvgIpc) is 2.89. The summed E-state index contributed by atoms with van der Waals surface area (Å²) >= 11 is 0. The summed E-state index contributed by atoms with van der Waals surface area (Å²) < 4.78 is 5.44. The smallest absolute Gasteiger partial charge is 0.293 e. The molecule has 94 valence electrons. The predicted molar refractivity (Wildman–Crippen MR) is 65.3 cm³/mol. The summed E-state index contributed by atoms with van der Waals surface area (Å²) in [4.78, 5) is 10.4. The number of nitro benzene ring substituents is 1. The molecule has 0 bridgehead atoms. The van der Waals surface area contributed by atoms with Gasteiger partial charge in [-0.1, -0.05) is 0 Å². The van der Waals surface area contributed by atoms with Crippen molar-refractivity contribution in [3.05, 3.63) is 33.9 Å². The highest BCUT2D eigenvalue weighted by atomic mass is 16.6. The van der Waals surface area contributed by atoms with Gasteiger partial charge in [0.25, 0.3) is 5.69 Å². The summed E-state index contributed by atoms with van der Waals surface area (Å²) in [5.41, 5.74) is 0.630. The number of nitriles is 1. The van der Waals surface area contributed by atoms with Gasteiger partial charge in [-0.15, -0.1) is 0 Å². The first-order chi connectivity index (χ1) is 8.70. The molecule has 6 nitrogen and oxygen atoms in total. The van der Waals surface area contributed by atoms with E-state index >= 15 is 0 Å². The van der Waals surface area contributed by atoms with Crippen molar-refractivity contribution in [1.29, 1.82) is 5.26 Å². The molecule has 0 saturated carbocycles. The van der Waals surface area contributed by atoms with Crippen molar-refractivity contribution in [2.45, 2.75) is 18.9 Å². The molecular weight excluding hydrogens is 234 g/mol. The summed E-state index contributed by atoms with van der Waals surface area (Å²) in [6, 6.07) is 6.29. The van der Waals surface area contributed by atoms with E-state index in [4.69, 9.17) is 10.00 Å². The Morgan fingerprint density at radius 2 is 2.44 bits per heavy atom. The van der Waals surface area contributed by atoms with Crippen LogP contribution in [0.2, 0.25) is 0 Å². The van der Waals surface area contributed by atoms with Crippen molar-refractivity contribution in [3.8, 4) is 6.07 Å². The number of ether oxygens (including phenoxy) is 1. The molecule has 0 amide bonds. The summed E-state index contributed by atoms with van der Waals surface area (Å²) in [6.45, 7) is 1.30. The fourth-order valence-corrected chi connectivity index (χ4v) is 1.93. The van der Waals surface area contributed by atoms with Crippen LogP contribution in [0.4, 0.5) is 11.4 Å². The van der Waals surface area contributed by atoms with Crippen LogP contribution in [0.5, 0.6) is 0 Å². The Hall–Kier alpha value is -2.13. The van der Waals surface area contributed by atoms with E-state index in [1.165, 1.54) is 6.07 Å². The molecular formula is C12H13N3O3. The Labute approximate surface area is 104 Å². The number of hydrogen-bond donors (Lipinski definition) is 1. The summed E-state index contributed by atoms with van der Waals surface area (Å²) in [7, 11) is 0. The van der Waals surface area contributed by atoms with Crippen LogP contribution < -0.4 is 5.32 Å². The number of benzene rings is 1. The largest absolute Gasteiger partial charge is 0.377 e. The SMILES string of the molecule is N#Cc1ccc(NC[C@@H]2CCCO2)c([N+](=O)[O-])c1. The van der Waals surface area contributed by atoms with Crippen molar-refractivity contribution in [2.24, 2.45) is 0 Å². The molecule has 0 spiro atoms. The topological polar surface area (TPSA) is 88.2 Å². The van der Waals surface area contributed by atoms with Crippen LogP contribution in [0, 0.1) is 21.4 Å². The maximum Gasteiger partial charge on any atom is 0.293 e. The lowest BCUT2D eigenvalue weighted by Crippen LogP contribution is -2.18. The molecule has 18 heavy (non-hydrogen) atoms. The van der Waals surface area contributed by atoms with Gasteiger partial charge < -0.3 is 10.1 Å². The second kappa shape index (κ2) is 5.47. The van der Waals surface area contributed by atoms with Crippen molar-refractivity contribution < 1.29 is 9.66 Å². The summed E-state index contributed by atoms with van der Waals surface area (Å²) in [6.07, 6.45) is 2.11. The quantitative estimate of drug-likeness (QED) is 0.649.